The molecular formula is C42H59NO3. The van der Waals surface area contributed by atoms with E-state index in [1.165, 1.54) is 24.8 Å². The van der Waals surface area contributed by atoms with E-state index in [-0.39, 0.29) is 41.4 Å². The molecule has 17 atom stereocenters. The molecule has 2 heterocycles. The first-order chi connectivity index (χ1) is 22.2. The molecule has 2 bridgehead atoms. The summed E-state index contributed by atoms with van der Waals surface area (Å²) in [6.07, 6.45) is 13.5. The molecule has 6 aliphatic carbocycles. The van der Waals surface area contributed by atoms with Gasteiger partial charge in [0.25, 0.3) is 0 Å². The highest BCUT2D eigenvalue weighted by atomic mass is 16.3. The topological polar surface area (TPSA) is 63.9 Å². The van der Waals surface area contributed by atoms with Gasteiger partial charge in [-0.3, -0.25) is 4.90 Å². The van der Waals surface area contributed by atoms with E-state index >= 15 is 0 Å². The van der Waals surface area contributed by atoms with Gasteiger partial charge in [0.2, 0.25) is 0 Å². The fourth-order valence-electron chi connectivity index (χ4n) is 14.7. The van der Waals surface area contributed by atoms with Gasteiger partial charge in [0.1, 0.15) is 0 Å². The first-order valence-corrected chi connectivity index (χ1v) is 19.6. The average molecular weight is 626 g/mol. The molecule has 250 valence electrons. The van der Waals surface area contributed by atoms with Gasteiger partial charge in [-0.1, -0.05) is 50.1 Å². The summed E-state index contributed by atoms with van der Waals surface area (Å²) in [5.41, 5.74) is 0.903. The van der Waals surface area contributed by atoms with Gasteiger partial charge in [-0.2, -0.15) is 0 Å². The second-order valence-electron chi connectivity index (χ2n) is 18.6. The number of nitrogens with zero attached hydrogens (tertiary/aromatic N) is 1. The lowest BCUT2D eigenvalue weighted by atomic mass is 9.48. The summed E-state index contributed by atoms with van der Waals surface area (Å²) < 4.78 is 0. The van der Waals surface area contributed by atoms with Gasteiger partial charge in [-0.05, 0) is 147 Å². The maximum Gasteiger partial charge on any atom is 0.0873 e. The minimum Gasteiger partial charge on any atom is -0.393 e. The van der Waals surface area contributed by atoms with Crippen LogP contribution in [0.5, 0.6) is 0 Å². The molecule has 1 aromatic rings. The van der Waals surface area contributed by atoms with Crippen molar-refractivity contribution in [3.63, 3.8) is 0 Å². The Labute approximate surface area is 278 Å². The van der Waals surface area contributed by atoms with Crippen molar-refractivity contribution < 1.29 is 15.3 Å². The Bertz CT molecular complexity index is 1350. The summed E-state index contributed by atoms with van der Waals surface area (Å²) >= 11 is 0. The molecule has 9 rings (SSSR count). The van der Waals surface area contributed by atoms with Crippen LogP contribution in [-0.4, -0.2) is 57.2 Å². The molecule has 5 saturated carbocycles. The predicted octanol–water partition coefficient (Wildman–Crippen LogP) is 6.57. The number of fused-ring (bicyclic) bond motifs is 11. The smallest absolute Gasteiger partial charge is 0.0873 e. The van der Waals surface area contributed by atoms with Crippen molar-refractivity contribution in [3.8, 4) is 11.8 Å². The molecule has 7 fully saturated rings. The molecule has 0 aromatic heterocycles. The molecular weight excluding hydrogens is 566 g/mol. The van der Waals surface area contributed by atoms with Crippen molar-refractivity contribution >= 4 is 0 Å². The quantitative estimate of drug-likeness (QED) is 0.326. The minimum atomic E-state index is -0.667. The molecule has 17 unspecified atom stereocenters. The SMILES string of the molecule is CC1CCC2N(C1)CC1C3CC4C(CC(O)C5CC(O)CCC54C)C3CC3C#CCC4CC(Cc5ccccc5)CC(C4)C2(O)C31. The summed E-state index contributed by atoms with van der Waals surface area (Å²) in [5.74, 6) is 13.7. The molecule has 4 heteroatoms. The predicted molar refractivity (Wildman–Crippen MR) is 181 cm³/mol. The molecule has 2 aliphatic heterocycles. The summed E-state index contributed by atoms with van der Waals surface area (Å²) in [7, 11) is 0. The normalized spacial score (nSPS) is 54.2. The number of aliphatic hydroxyl groups excluding tert-OH is 2. The fourth-order valence-corrected chi connectivity index (χ4v) is 14.7. The van der Waals surface area contributed by atoms with E-state index < -0.39 is 5.60 Å². The fraction of sp³-hybridized carbons (Fsp3) is 0.810. The van der Waals surface area contributed by atoms with E-state index in [0.717, 1.165) is 77.3 Å². The molecule has 3 N–H and O–H groups in total. The Morgan fingerprint density at radius 3 is 2.52 bits per heavy atom. The number of hydrogen-bond acceptors (Lipinski definition) is 4. The van der Waals surface area contributed by atoms with Crippen LogP contribution in [-0.2, 0) is 6.42 Å². The standard InChI is InChI=1S/C42H59NO3/c1-25-11-12-39-42(46)30-17-27(16-28(18-30)15-26-7-4-3-5-8-26)9-6-10-29-19-32-33(35(40(29)42)24-43(39)23-25)21-36-34(32)22-38(45)37-20-31(44)13-14-41(36,37)2/h3-5,7-8,25,27-40,44-46H,9,11-24H2,1-2H3. The summed E-state index contributed by atoms with van der Waals surface area (Å²) in [6, 6.07) is 11.4. The zero-order valence-corrected chi connectivity index (χ0v) is 28.4. The maximum atomic E-state index is 13.8. The molecule has 4 nitrogen and oxygen atoms in total. The zero-order valence-electron chi connectivity index (χ0n) is 28.4. The van der Waals surface area contributed by atoms with Gasteiger partial charge in [0, 0.05) is 37.4 Å². The molecule has 0 radical (unpaired) electrons. The Morgan fingerprint density at radius 2 is 1.67 bits per heavy atom. The third-order valence-corrected chi connectivity index (χ3v) is 16.4. The van der Waals surface area contributed by atoms with E-state index in [4.69, 9.17) is 0 Å². The minimum absolute atomic E-state index is 0.120. The maximum absolute atomic E-state index is 13.8. The Kier molecular flexibility index (Phi) is 7.55. The zero-order chi connectivity index (χ0) is 31.4. The monoisotopic (exact) mass is 625 g/mol. The van der Waals surface area contributed by atoms with Crippen molar-refractivity contribution in [1.29, 1.82) is 0 Å². The Balaban J connectivity index is 1.10. The highest BCUT2D eigenvalue weighted by molar-refractivity contribution is 5.24. The van der Waals surface area contributed by atoms with Crippen LogP contribution in [0.1, 0.15) is 96.5 Å². The van der Waals surface area contributed by atoms with Crippen LogP contribution < -0.4 is 0 Å². The lowest BCUT2D eigenvalue weighted by molar-refractivity contribution is -0.228. The summed E-state index contributed by atoms with van der Waals surface area (Å²) in [4.78, 5) is 2.81. The third kappa shape index (κ3) is 4.68. The molecule has 0 spiro atoms. The Morgan fingerprint density at radius 1 is 0.848 bits per heavy atom. The van der Waals surface area contributed by atoms with Crippen LogP contribution >= 0.6 is 0 Å². The van der Waals surface area contributed by atoms with Crippen molar-refractivity contribution in [1.82, 2.24) is 4.90 Å². The highest BCUT2D eigenvalue weighted by Crippen LogP contribution is 2.69. The highest BCUT2D eigenvalue weighted by Gasteiger charge is 2.68. The van der Waals surface area contributed by atoms with E-state index in [9.17, 15) is 15.3 Å². The van der Waals surface area contributed by atoms with Crippen molar-refractivity contribution in [2.75, 3.05) is 13.1 Å². The lowest BCUT2D eigenvalue weighted by Gasteiger charge is -2.65. The van der Waals surface area contributed by atoms with Gasteiger partial charge in [0.05, 0.1) is 17.8 Å². The van der Waals surface area contributed by atoms with Crippen LogP contribution in [0.15, 0.2) is 30.3 Å². The molecule has 46 heavy (non-hydrogen) atoms. The van der Waals surface area contributed by atoms with E-state index in [1.807, 2.05) is 0 Å². The number of piperidine rings is 2. The number of hydrogen-bond donors (Lipinski definition) is 3. The largest absolute Gasteiger partial charge is 0.393 e. The van der Waals surface area contributed by atoms with E-state index in [0.29, 0.717) is 53.3 Å². The van der Waals surface area contributed by atoms with Gasteiger partial charge >= 0.3 is 0 Å². The van der Waals surface area contributed by atoms with Crippen LogP contribution in [0.4, 0.5) is 0 Å². The average Bonchev–Trinajstić information content (AvgIpc) is 3.42. The van der Waals surface area contributed by atoms with E-state index in [2.05, 4.69) is 60.9 Å². The van der Waals surface area contributed by atoms with Crippen molar-refractivity contribution in [2.24, 2.45) is 76.4 Å². The summed E-state index contributed by atoms with van der Waals surface area (Å²) in [5, 5.41) is 36.1. The van der Waals surface area contributed by atoms with Gasteiger partial charge < -0.3 is 15.3 Å². The van der Waals surface area contributed by atoms with Gasteiger partial charge in [-0.15, -0.1) is 5.92 Å². The number of rotatable bonds is 2. The first-order valence-electron chi connectivity index (χ1n) is 19.6. The first kappa shape index (κ1) is 30.7. The van der Waals surface area contributed by atoms with Crippen LogP contribution in [0.25, 0.3) is 0 Å². The number of benzene rings is 1. The lowest BCUT2D eigenvalue weighted by Crippen LogP contribution is -2.72. The summed E-state index contributed by atoms with van der Waals surface area (Å²) in [6.45, 7) is 7.20. The van der Waals surface area contributed by atoms with Crippen LogP contribution in [0.3, 0.4) is 0 Å². The molecule has 8 aliphatic rings. The van der Waals surface area contributed by atoms with Crippen LogP contribution in [0, 0.1) is 88.3 Å². The van der Waals surface area contributed by atoms with Crippen molar-refractivity contribution in [3.05, 3.63) is 35.9 Å². The van der Waals surface area contributed by atoms with E-state index in [1.54, 1.807) is 0 Å². The Hall–Kier alpha value is -1.38. The van der Waals surface area contributed by atoms with Crippen molar-refractivity contribution in [2.45, 2.75) is 121 Å². The second-order valence-corrected chi connectivity index (χ2v) is 18.6. The van der Waals surface area contributed by atoms with Crippen LogP contribution in [0.2, 0.25) is 0 Å². The molecule has 0 amide bonds. The van der Waals surface area contributed by atoms with Gasteiger partial charge in [-0.25, -0.2) is 0 Å². The third-order valence-electron chi connectivity index (χ3n) is 16.4. The number of aliphatic hydroxyl groups is 3. The second kappa shape index (κ2) is 11.3. The van der Waals surface area contributed by atoms with Gasteiger partial charge in [0.15, 0.2) is 0 Å². The molecule has 1 aromatic carbocycles. The molecule has 2 saturated heterocycles.